The molecule has 0 saturated carbocycles. The van der Waals surface area contributed by atoms with Gasteiger partial charge in [0.2, 0.25) is 0 Å². The van der Waals surface area contributed by atoms with Crippen LogP contribution in [0.4, 0.5) is 5.82 Å². The lowest BCUT2D eigenvalue weighted by atomic mass is 9.97. The maximum Gasteiger partial charge on any atom is 0.267 e. The molecule has 1 atom stereocenters. The number of anilines is 1. The van der Waals surface area contributed by atoms with Crippen LogP contribution < -0.4 is 10.5 Å². The second-order valence-corrected chi connectivity index (χ2v) is 7.81. The summed E-state index contributed by atoms with van der Waals surface area (Å²) in [5, 5.41) is 13.6. The standard InChI is InChI=1S/C20H25N5O2/c26-20-11-14-4-1-2-6-18(14)23-25(20)12-16-5-3-8-24(16)19-10-15-13-27-9-7-17(15)21-22-19/h10-11,16H,1-9,12-13H2. The Bertz CT molecular complexity index is 910. The molecule has 7 nitrogen and oxygen atoms in total. The molecule has 1 fully saturated rings. The van der Waals surface area contributed by atoms with E-state index < -0.39 is 0 Å². The van der Waals surface area contributed by atoms with Crippen molar-refractivity contribution < 1.29 is 4.74 Å². The molecule has 0 aromatic carbocycles. The van der Waals surface area contributed by atoms with Crippen LogP contribution in [0.3, 0.4) is 0 Å². The molecule has 2 aromatic rings. The van der Waals surface area contributed by atoms with Crippen LogP contribution in [0.5, 0.6) is 0 Å². The van der Waals surface area contributed by atoms with E-state index in [4.69, 9.17) is 9.84 Å². The van der Waals surface area contributed by atoms with Gasteiger partial charge in [-0.1, -0.05) is 0 Å². The molecule has 0 N–H and O–H groups in total. The number of aromatic nitrogens is 4. The molecule has 2 aliphatic heterocycles. The summed E-state index contributed by atoms with van der Waals surface area (Å²) in [5.74, 6) is 0.896. The van der Waals surface area contributed by atoms with Crippen LogP contribution in [0.1, 0.15) is 48.2 Å². The van der Waals surface area contributed by atoms with Crippen molar-refractivity contribution in [2.75, 3.05) is 18.1 Å². The van der Waals surface area contributed by atoms with E-state index in [2.05, 4.69) is 21.2 Å². The Hall–Kier alpha value is -2.28. The van der Waals surface area contributed by atoms with Gasteiger partial charge in [-0.25, -0.2) is 4.68 Å². The third-order valence-corrected chi connectivity index (χ3v) is 6.02. The molecular weight excluding hydrogens is 342 g/mol. The van der Waals surface area contributed by atoms with E-state index in [1.807, 2.05) is 0 Å². The van der Waals surface area contributed by atoms with Crippen LogP contribution in [0, 0.1) is 0 Å². The highest BCUT2D eigenvalue weighted by atomic mass is 16.5. The topological polar surface area (TPSA) is 73.1 Å². The summed E-state index contributed by atoms with van der Waals surface area (Å²) in [4.78, 5) is 14.8. The lowest BCUT2D eigenvalue weighted by Crippen LogP contribution is -2.38. The van der Waals surface area contributed by atoms with Gasteiger partial charge in [-0.2, -0.15) is 10.2 Å². The van der Waals surface area contributed by atoms with E-state index in [1.165, 1.54) is 6.42 Å². The van der Waals surface area contributed by atoms with Crippen LogP contribution in [-0.4, -0.2) is 39.2 Å². The summed E-state index contributed by atoms with van der Waals surface area (Å²) in [6.45, 7) is 2.89. The van der Waals surface area contributed by atoms with Gasteiger partial charge in [0.25, 0.3) is 5.56 Å². The minimum Gasteiger partial charge on any atom is -0.376 e. The van der Waals surface area contributed by atoms with Gasteiger partial charge < -0.3 is 9.64 Å². The Balaban J connectivity index is 1.40. The Morgan fingerprint density at radius 2 is 1.96 bits per heavy atom. The summed E-state index contributed by atoms with van der Waals surface area (Å²) >= 11 is 0. The van der Waals surface area contributed by atoms with Crippen molar-refractivity contribution in [2.45, 2.75) is 64.1 Å². The summed E-state index contributed by atoms with van der Waals surface area (Å²) in [6.07, 6.45) is 7.28. The average Bonchev–Trinajstić information content (AvgIpc) is 3.16. The van der Waals surface area contributed by atoms with Crippen LogP contribution >= 0.6 is 0 Å². The molecule has 0 amide bonds. The first-order valence-electron chi connectivity index (χ1n) is 10.1. The number of hydrogen-bond donors (Lipinski definition) is 0. The van der Waals surface area contributed by atoms with Gasteiger partial charge >= 0.3 is 0 Å². The molecule has 1 saturated heterocycles. The third kappa shape index (κ3) is 3.25. The number of ether oxygens (including phenoxy) is 1. The van der Waals surface area contributed by atoms with E-state index in [9.17, 15) is 4.79 Å². The van der Waals surface area contributed by atoms with Crippen molar-refractivity contribution >= 4 is 5.82 Å². The molecule has 142 valence electrons. The molecule has 5 rings (SSSR count). The zero-order valence-corrected chi connectivity index (χ0v) is 15.6. The second-order valence-electron chi connectivity index (χ2n) is 7.81. The summed E-state index contributed by atoms with van der Waals surface area (Å²) in [7, 11) is 0. The highest BCUT2D eigenvalue weighted by Crippen LogP contribution is 2.27. The van der Waals surface area contributed by atoms with Crippen molar-refractivity contribution in [1.29, 1.82) is 0 Å². The predicted octanol–water partition coefficient (Wildman–Crippen LogP) is 1.65. The maximum atomic E-state index is 12.6. The molecule has 1 unspecified atom stereocenters. The Labute approximate surface area is 158 Å². The summed E-state index contributed by atoms with van der Waals surface area (Å²) < 4.78 is 7.23. The van der Waals surface area contributed by atoms with Gasteiger partial charge in [0, 0.05) is 24.6 Å². The van der Waals surface area contributed by atoms with E-state index in [0.29, 0.717) is 13.2 Å². The van der Waals surface area contributed by atoms with Crippen molar-refractivity contribution in [2.24, 2.45) is 0 Å². The molecule has 27 heavy (non-hydrogen) atoms. The first-order valence-corrected chi connectivity index (χ1v) is 10.1. The van der Waals surface area contributed by atoms with Crippen LogP contribution in [0.2, 0.25) is 0 Å². The normalized spacial score (nSPS) is 21.8. The molecule has 7 heteroatoms. The molecule has 0 radical (unpaired) electrons. The van der Waals surface area contributed by atoms with Crippen LogP contribution in [-0.2, 0) is 37.2 Å². The fourth-order valence-electron chi connectivity index (χ4n) is 4.53. The molecule has 0 bridgehead atoms. The van der Waals surface area contributed by atoms with Gasteiger partial charge in [0.1, 0.15) is 0 Å². The molecule has 4 heterocycles. The zero-order valence-electron chi connectivity index (χ0n) is 15.6. The zero-order chi connectivity index (χ0) is 18.2. The summed E-state index contributed by atoms with van der Waals surface area (Å²) in [5.41, 5.74) is 4.46. The fraction of sp³-hybridized carbons (Fsp3) is 0.600. The van der Waals surface area contributed by atoms with Crippen LogP contribution in [0.25, 0.3) is 0 Å². The molecule has 0 spiro atoms. The molecule has 3 aliphatic rings. The van der Waals surface area contributed by atoms with Gasteiger partial charge in [0.05, 0.1) is 37.2 Å². The highest BCUT2D eigenvalue weighted by molar-refractivity contribution is 5.43. The number of hydrogen-bond acceptors (Lipinski definition) is 6. The van der Waals surface area contributed by atoms with E-state index in [1.54, 1.807) is 10.7 Å². The minimum absolute atomic E-state index is 0.0208. The number of rotatable bonds is 3. The van der Waals surface area contributed by atoms with Gasteiger partial charge in [-0.3, -0.25) is 4.79 Å². The van der Waals surface area contributed by atoms with Gasteiger partial charge in [-0.05, 0) is 50.2 Å². The number of aryl methyl sites for hydroxylation is 2. The van der Waals surface area contributed by atoms with Crippen molar-refractivity contribution in [3.8, 4) is 0 Å². The van der Waals surface area contributed by atoms with Crippen molar-refractivity contribution in [3.05, 3.63) is 45.0 Å². The Kier molecular flexibility index (Phi) is 4.39. The minimum atomic E-state index is 0.0208. The number of fused-ring (bicyclic) bond motifs is 2. The van der Waals surface area contributed by atoms with Crippen LogP contribution in [0.15, 0.2) is 16.9 Å². The molecular formula is C20H25N5O2. The quantitative estimate of drug-likeness (QED) is 0.821. The van der Waals surface area contributed by atoms with E-state index >= 15 is 0 Å². The van der Waals surface area contributed by atoms with Gasteiger partial charge in [-0.15, -0.1) is 5.10 Å². The summed E-state index contributed by atoms with van der Waals surface area (Å²) in [6, 6.07) is 4.15. The third-order valence-electron chi connectivity index (χ3n) is 6.02. The Morgan fingerprint density at radius 3 is 2.93 bits per heavy atom. The van der Waals surface area contributed by atoms with Gasteiger partial charge in [0.15, 0.2) is 5.82 Å². The Morgan fingerprint density at radius 1 is 1.04 bits per heavy atom. The molecule has 2 aromatic heterocycles. The smallest absolute Gasteiger partial charge is 0.267 e. The number of nitrogens with zero attached hydrogens (tertiary/aromatic N) is 5. The fourth-order valence-corrected chi connectivity index (χ4v) is 4.53. The predicted molar refractivity (Wildman–Crippen MR) is 101 cm³/mol. The molecule has 1 aliphatic carbocycles. The SMILES string of the molecule is O=c1cc2c(nn1CC1CCCN1c1cc3c(nn1)CCOC3)CCCC2. The monoisotopic (exact) mass is 367 g/mol. The largest absolute Gasteiger partial charge is 0.376 e. The second kappa shape index (κ2) is 7.03. The lowest BCUT2D eigenvalue weighted by Gasteiger charge is -2.27. The maximum absolute atomic E-state index is 12.6. The van der Waals surface area contributed by atoms with Crippen molar-refractivity contribution in [3.63, 3.8) is 0 Å². The highest BCUT2D eigenvalue weighted by Gasteiger charge is 2.28. The lowest BCUT2D eigenvalue weighted by molar-refractivity contribution is 0.109. The van der Waals surface area contributed by atoms with E-state index in [0.717, 1.165) is 80.0 Å². The average molecular weight is 367 g/mol. The van der Waals surface area contributed by atoms with E-state index in [-0.39, 0.29) is 11.6 Å². The first-order chi connectivity index (χ1) is 13.3. The van der Waals surface area contributed by atoms with Crippen molar-refractivity contribution in [1.82, 2.24) is 20.0 Å². The first kappa shape index (κ1) is 16.9.